The molecule has 1 saturated carbocycles. The highest BCUT2D eigenvalue weighted by Crippen LogP contribution is 2.28. The van der Waals surface area contributed by atoms with Gasteiger partial charge in [0.25, 0.3) is 0 Å². The molecular weight excluding hydrogens is 261 g/mol. The van der Waals surface area contributed by atoms with Crippen LogP contribution in [0.25, 0.3) is 0 Å². The summed E-state index contributed by atoms with van der Waals surface area (Å²) in [5, 5.41) is 12.2. The fourth-order valence-electron chi connectivity index (χ4n) is 2.41. The second-order valence-electron chi connectivity index (χ2n) is 5.40. The number of aliphatic hydroxyl groups is 1. The predicted octanol–water partition coefficient (Wildman–Crippen LogP) is 2.71. The molecule has 2 N–H and O–H groups in total. The lowest BCUT2D eigenvalue weighted by atomic mass is 10.1. The van der Waals surface area contributed by atoms with E-state index >= 15 is 0 Å². The number of aliphatic hydroxyl groups excluding tert-OH is 1. The van der Waals surface area contributed by atoms with E-state index in [1.165, 1.54) is 12.1 Å². The van der Waals surface area contributed by atoms with Crippen molar-refractivity contribution >= 4 is 11.6 Å². The highest BCUT2D eigenvalue weighted by molar-refractivity contribution is 5.93. The average molecular weight is 281 g/mol. The number of ether oxygens (including phenoxy) is 1. The monoisotopic (exact) mass is 281 g/mol. The van der Waals surface area contributed by atoms with Gasteiger partial charge >= 0.3 is 0 Å². The van der Waals surface area contributed by atoms with Gasteiger partial charge in [0.05, 0.1) is 23.8 Å². The van der Waals surface area contributed by atoms with E-state index in [1.807, 2.05) is 13.8 Å². The van der Waals surface area contributed by atoms with E-state index in [2.05, 4.69) is 5.32 Å². The number of rotatable bonds is 4. The molecule has 1 aliphatic carbocycles. The van der Waals surface area contributed by atoms with Crippen molar-refractivity contribution in [2.45, 2.75) is 45.3 Å². The molecule has 0 radical (unpaired) electrons. The Kier molecular flexibility index (Phi) is 4.60. The lowest BCUT2D eigenvalue weighted by Gasteiger charge is -2.15. The van der Waals surface area contributed by atoms with Crippen molar-refractivity contribution in [3.05, 3.63) is 24.0 Å². The Morgan fingerprint density at radius 1 is 1.45 bits per heavy atom. The van der Waals surface area contributed by atoms with Gasteiger partial charge in [-0.1, -0.05) is 0 Å². The molecule has 20 heavy (non-hydrogen) atoms. The third-order valence-electron chi connectivity index (χ3n) is 3.39. The van der Waals surface area contributed by atoms with Gasteiger partial charge in [-0.25, -0.2) is 4.39 Å². The van der Waals surface area contributed by atoms with E-state index in [9.17, 15) is 14.3 Å². The fourth-order valence-corrected chi connectivity index (χ4v) is 2.41. The first-order valence-electron chi connectivity index (χ1n) is 6.92. The van der Waals surface area contributed by atoms with Crippen molar-refractivity contribution in [1.29, 1.82) is 0 Å². The third-order valence-corrected chi connectivity index (χ3v) is 3.39. The molecule has 0 spiro atoms. The quantitative estimate of drug-likeness (QED) is 0.892. The van der Waals surface area contributed by atoms with E-state index in [-0.39, 0.29) is 17.7 Å². The number of amides is 1. The van der Waals surface area contributed by atoms with Crippen LogP contribution in [-0.4, -0.2) is 23.2 Å². The molecule has 1 aromatic rings. The molecule has 2 unspecified atom stereocenters. The van der Waals surface area contributed by atoms with Crippen LogP contribution in [0.1, 0.15) is 33.1 Å². The first-order chi connectivity index (χ1) is 9.47. The normalized spacial score (nSPS) is 22.1. The molecule has 5 heteroatoms. The third kappa shape index (κ3) is 3.48. The lowest BCUT2D eigenvalue weighted by molar-refractivity contribution is -0.122. The molecule has 1 aliphatic rings. The Morgan fingerprint density at radius 2 is 2.20 bits per heavy atom. The minimum absolute atomic E-state index is 0.0384. The Bertz CT molecular complexity index is 490. The van der Waals surface area contributed by atoms with Gasteiger partial charge in [0.2, 0.25) is 5.91 Å². The maximum atomic E-state index is 13.9. The van der Waals surface area contributed by atoms with Crippen LogP contribution in [0.2, 0.25) is 0 Å². The largest absolute Gasteiger partial charge is 0.491 e. The van der Waals surface area contributed by atoms with Crippen LogP contribution in [-0.2, 0) is 4.79 Å². The Morgan fingerprint density at radius 3 is 2.75 bits per heavy atom. The van der Waals surface area contributed by atoms with Crippen LogP contribution < -0.4 is 10.1 Å². The molecule has 0 heterocycles. The number of benzene rings is 1. The SMILES string of the molecule is CC(C)Oc1ccc(NC(=O)C2CCCC2O)c(F)c1. The summed E-state index contributed by atoms with van der Waals surface area (Å²) in [6, 6.07) is 4.34. The second-order valence-corrected chi connectivity index (χ2v) is 5.40. The van der Waals surface area contributed by atoms with Crippen molar-refractivity contribution in [2.24, 2.45) is 5.92 Å². The first-order valence-corrected chi connectivity index (χ1v) is 6.92. The highest BCUT2D eigenvalue weighted by Gasteiger charge is 2.31. The number of anilines is 1. The molecule has 110 valence electrons. The molecule has 0 bridgehead atoms. The first kappa shape index (κ1) is 14.8. The zero-order valence-electron chi connectivity index (χ0n) is 11.7. The molecule has 4 nitrogen and oxygen atoms in total. The molecule has 1 aromatic carbocycles. The number of hydrogen-bond acceptors (Lipinski definition) is 3. The Hall–Kier alpha value is -1.62. The number of hydrogen-bond donors (Lipinski definition) is 2. The number of carbonyl (C=O) groups excluding carboxylic acids is 1. The van der Waals surface area contributed by atoms with Crippen molar-refractivity contribution in [3.63, 3.8) is 0 Å². The van der Waals surface area contributed by atoms with Crippen molar-refractivity contribution in [2.75, 3.05) is 5.32 Å². The lowest BCUT2D eigenvalue weighted by Crippen LogP contribution is -2.29. The summed E-state index contributed by atoms with van der Waals surface area (Å²) >= 11 is 0. The predicted molar refractivity (Wildman–Crippen MR) is 74.1 cm³/mol. The molecule has 0 aromatic heterocycles. The van der Waals surface area contributed by atoms with E-state index in [0.717, 1.165) is 6.42 Å². The van der Waals surface area contributed by atoms with Crippen LogP contribution in [0.3, 0.4) is 0 Å². The number of halogens is 1. The highest BCUT2D eigenvalue weighted by atomic mass is 19.1. The maximum Gasteiger partial charge on any atom is 0.230 e. The molecule has 1 amide bonds. The van der Waals surface area contributed by atoms with Crippen molar-refractivity contribution in [3.8, 4) is 5.75 Å². The zero-order chi connectivity index (χ0) is 14.7. The minimum atomic E-state index is -0.624. The van der Waals surface area contributed by atoms with E-state index in [1.54, 1.807) is 6.07 Å². The summed E-state index contributed by atoms with van der Waals surface area (Å²) < 4.78 is 19.3. The van der Waals surface area contributed by atoms with Gasteiger partial charge in [-0.2, -0.15) is 0 Å². The smallest absolute Gasteiger partial charge is 0.230 e. The minimum Gasteiger partial charge on any atom is -0.491 e. The van der Waals surface area contributed by atoms with Crippen LogP contribution in [0.4, 0.5) is 10.1 Å². The summed E-state index contributed by atoms with van der Waals surface area (Å²) in [5.74, 6) is -0.882. The standard InChI is InChI=1S/C15H20FNO3/c1-9(2)20-10-6-7-13(12(16)8-10)17-15(19)11-4-3-5-14(11)18/h6-9,11,14,18H,3-5H2,1-2H3,(H,17,19). The maximum absolute atomic E-state index is 13.9. The van der Waals surface area contributed by atoms with Gasteiger partial charge in [0.1, 0.15) is 11.6 Å². The van der Waals surface area contributed by atoms with Crippen LogP contribution in [0.15, 0.2) is 18.2 Å². The number of nitrogens with one attached hydrogen (secondary N) is 1. The van der Waals surface area contributed by atoms with Crippen molar-refractivity contribution in [1.82, 2.24) is 0 Å². The number of carbonyl (C=O) groups is 1. The molecular formula is C15H20FNO3. The van der Waals surface area contributed by atoms with Crippen LogP contribution in [0, 0.1) is 11.7 Å². The Balaban J connectivity index is 2.04. The van der Waals surface area contributed by atoms with Crippen molar-refractivity contribution < 1.29 is 19.0 Å². The van der Waals surface area contributed by atoms with Gasteiger partial charge in [-0.05, 0) is 45.2 Å². The summed E-state index contributed by atoms with van der Waals surface area (Å²) in [6.07, 6.45) is 1.43. The topological polar surface area (TPSA) is 58.6 Å². The zero-order valence-corrected chi connectivity index (χ0v) is 11.7. The van der Waals surface area contributed by atoms with Crippen LogP contribution >= 0.6 is 0 Å². The average Bonchev–Trinajstić information content (AvgIpc) is 2.78. The van der Waals surface area contributed by atoms with Gasteiger partial charge in [0, 0.05) is 6.07 Å². The summed E-state index contributed by atoms with van der Waals surface area (Å²) in [4.78, 5) is 12.0. The van der Waals surface area contributed by atoms with Crippen LogP contribution in [0.5, 0.6) is 5.75 Å². The van der Waals surface area contributed by atoms with E-state index in [4.69, 9.17) is 4.74 Å². The fraction of sp³-hybridized carbons (Fsp3) is 0.533. The second kappa shape index (κ2) is 6.22. The van der Waals surface area contributed by atoms with E-state index in [0.29, 0.717) is 18.6 Å². The summed E-state index contributed by atoms with van der Waals surface area (Å²) in [5.41, 5.74) is 0.116. The molecule has 1 fully saturated rings. The molecule has 0 saturated heterocycles. The molecule has 0 aliphatic heterocycles. The van der Waals surface area contributed by atoms with Gasteiger partial charge in [-0.3, -0.25) is 4.79 Å². The van der Waals surface area contributed by atoms with Gasteiger partial charge in [0.15, 0.2) is 0 Å². The molecule has 2 rings (SSSR count). The Labute approximate surface area is 117 Å². The van der Waals surface area contributed by atoms with Gasteiger partial charge < -0.3 is 15.2 Å². The summed E-state index contributed by atoms with van der Waals surface area (Å²) in [6.45, 7) is 3.71. The summed E-state index contributed by atoms with van der Waals surface area (Å²) in [7, 11) is 0. The van der Waals surface area contributed by atoms with Gasteiger partial charge in [-0.15, -0.1) is 0 Å². The van der Waals surface area contributed by atoms with E-state index < -0.39 is 17.8 Å². The molecule has 2 atom stereocenters.